The van der Waals surface area contributed by atoms with Crippen LogP contribution in [0.1, 0.15) is 56.7 Å². The first-order valence-corrected chi connectivity index (χ1v) is 10.6. The predicted molar refractivity (Wildman–Crippen MR) is 116 cm³/mol. The molecule has 6 nitrogen and oxygen atoms in total. The van der Waals surface area contributed by atoms with Gasteiger partial charge in [0.2, 0.25) is 0 Å². The summed E-state index contributed by atoms with van der Waals surface area (Å²) >= 11 is 0.861. The number of hydrogen-bond acceptors (Lipinski definition) is 6. The van der Waals surface area contributed by atoms with Crippen LogP contribution in [0.2, 0.25) is 0 Å². The number of anilines is 1. The molecule has 0 radical (unpaired) electrons. The molecule has 1 saturated heterocycles. The van der Waals surface area contributed by atoms with E-state index in [4.69, 9.17) is 0 Å². The number of hydrogen-bond donors (Lipinski definition) is 0. The van der Waals surface area contributed by atoms with Crippen LogP contribution >= 0.6 is 11.8 Å². The molecule has 1 fully saturated rings. The van der Waals surface area contributed by atoms with Gasteiger partial charge in [-0.2, -0.15) is 0 Å². The quantitative estimate of drug-likeness (QED) is 0.538. The Balaban J connectivity index is 1.97. The van der Waals surface area contributed by atoms with Crippen LogP contribution in [0.4, 0.5) is 10.5 Å². The summed E-state index contributed by atoms with van der Waals surface area (Å²) in [7, 11) is 1.23. The van der Waals surface area contributed by atoms with Gasteiger partial charge in [0, 0.05) is 17.8 Å². The van der Waals surface area contributed by atoms with Crippen molar-refractivity contribution in [2.24, 2.45) is 0 Å². The first-order valence-electron chi connectivity index (χ1n) is 9.83. The summed E-state index contributed by atoms with van der Waals surface area (Å²) in [5, 5.41) is -0.450. The zero-order chi connectivity index (χ0) is 21.5. The molecule has 0 N–H and O–H groups in total. The Hall–Kier alpha value is -2.28. The van der Waals surface area contributed by atoms with E-state index in [-0.39, 0.29) is 12.1 Å². The molecule has 1 aromatic rings. The van der Waals surface area contributed by atoms with Crippen molar-refractivity contribution in [1.82, 2.24) is 4.90 Å². The number of imide groups is 1. The summed E-state index contributed by atoms with van der Waals surface area (Å²) in [6.45, 7) is 11.5. The lowest BCUT2D eigenvalue weighted by Crippen LogP contribution is -2.48. The number of carbonyl (C=O) groups is 3. The Morgan fingerprint density at radius 3 is 2.66 bits per heavy atom. The lowest BCUT2D eigenvalue weighted by Gasteiger charge is -2.47. The van der Waals surface area contributed by atoms with Gasteiger partial charge in [0.15, 0.2) is 0 Å². The highest BCUT2D eigenvalue weighted by Gasteiger charge is 2.38. The number of methoxy groups -OCH3 is 1. The van der Waals surface area contributed by atoms with E-state index in [0.29, 0.717) is 10.8 Å². The van der Waals surface area contributed by atoms with Gasteiger partial charge >= 0.3 is 5.97 Å². The summed E-state index contributed by atoms with van der Waals surface area (Å²) in [5.41, 5.74) is 4.56. The van der Waals surface area contributed by atoms with E-state index in [1.165, 1.54) is 18.4 Å². The molecule has 7 heteroatoms. The number of rotatable bonds is 4. The summed E-state index contributed by atoms with van der Waals surface area (Å²) < 4.78 is 4.57. The normalized spacial score (nSPS) is 22.3. The largest absolute Gasteiger partial charge is 0.468 e. The number of nitrogens with zero attached hydrogens (tertiary/aromatic N) is 2. The Labute approximate surface area is 176 Å². The van der Waals surface area contributed by atoms with Crippen LogP contribution in [-0.4, -0.2) is 47.8 Å². The molecule has 29 heavy (non-hydrogen) atoms. The molecular weight excluding hydrogens is 388 g/mol. The second-order valence-corrected chi connectivity index (χ2v) is 9.27. The van der Waals surface area contributed by atoms with Gasteiger partial charge in [-0.25, -0.2) is 0 Å². The number of aryl methyl sites for hydroxylation is 1. The second-order valence-electron chi connectivity index (χ2n) is 8.27. The third kappa shape index (κ3) is 3.92. The molecule has 1 aromatic carbocycles. The molecule has 0 aliphatic carbocycles. The first kappa shape index (κ1) is 21.4. The maximum absolute atomic E-state index is 12.6. The minimum absolute atomic E-state index is 0.0890. The maximum Gasteiger partial charge on any atom is 0.325 e. The number of amides is 2. The summed E-state index contributed by atoms with van der Waals surface area (Å²) in [4.78, 5) is 40.0. The number of ether oxygens (including phenoxy) is 1. The monoisotopic (exact) mass is 416 g/mol. The lowest BCUT2D eigenvalue weighted by molar-refractivity contribution is -0.143. The third-order valence-electron chi connectivity index (χ3n) is 5.76. The minimum atomic E-state index is -0.616. The topological polar surface area (TPSA) is 66.9 Å². The molecule has 0 saturated carbocycles. The summed E-state index contributed by atoms with van der Waals surface area (Å²) in [6, 6.07) is 4.32. The molecule has 2 heterocycles. The van der Waals surface area contributed by atoms with Gasteiger partial charge in [0.25, 0.3) is 11.1 Å². The highest BCUT2D eigenvalue weighted by atomic mass is 32.2. The average molecular weight is 417 g/mol. The molecule has 3 rings (SSSR count). The van der Waals surface area contributed by atoms with Crippen LogP contribution in [0.5, 0.6) is 0 Å². The number of benzene rings is 1. The molecule has 0 unspecified atom stereocenters. The van der Waals surface area contributed by atoms with E-state index in [9.17, 15) is 14.4 Å². The van der Waals surface area contributed by atoms with Crippen LogP contribution < -0.4 is 4.90 Å². The molecular formula is C22H28N2O4S. The Morgan fingerprint density at radius 1 is 1.34 bits per heavy atom. The number of fused-ring (bicyclic) bond motifs is 1. The molecule has 156 valence electrons. The lowest BCUT2D eigenvalue weighted by atomic mass is 9.79. The van der Waals surface area contributed by atoms with Crippen molar-refractivity contribution in [3.05, 3.63) is 33.7 Å². The fraction of sp³-hybridized carbons (Fsp3) is 0.500. The average Bonchev–Trinajstić information content (AvgIpc) is 2.90. The molecule has 0 spiro atoms. The second kappa shape index (κ2) is 7.86. The van der Waals surface area contributed by atoms with E-state index in [1.54, 1.807) is 6.08 Å². The summed E-state index contributed by atoms with van der Waals surface area (Å²) in [6.07, 6.45) is 2.81. The van der Waals surface area contributed by atoms with Crippen LogP contribution in [0.25, 0.3) is 6.08 Å². The molecule has 0 aromatic heterocycles. The van der Waals surface area contributed by atoms with E-state index in [2.05, 4.69) is 49.5 Å². The highest BCUT2D eigenvalue weighted by Crippen LogP contribution is 2.44. The van der Waals surface area contributed by atoms with Crippen molar-refractivity contribution < 1.29 is 19.1 Å². The number of thioether (sulfide) groups is 1. The van der Waals surface area contributed by atoms with E-state index in [0.717, 1.165) is 40.8 Å². The SMILES string of the molecule is CCN1c2cc(C)c(/C=C3/SC(=O)N(CC(=O)OC)C3=O)cc2[C@@H](C)CC1(C)C. The zero-order valence-electron chi connectivity index (χ0n) is 17.9. The standard InChI is InChI=1S/C22H28N2O4S/c1-7-24-17-8-13(2)15(9-16(17)14(3)11-22(24,4)5)10-18-20(26)23(21(27)29-18)12-19(25)28-6/h8-10,14H,7,11-12H2,1-6H3/b18-10+/t14-/m0/s1. The van der Waals surface area contributed by atoms with Crippen molar-refractivity contribution in [3.63, 3.8) is 0 Å². The zero-order valence-corrected chi connectivity index (χ0v) is 18.7. The van der Waals surface area contributed by atoms with Gasteiger partial charge in [-0.05, 0) is 86.7 Å². The van der Waals surface area contributed by atoms with Crippen molar-refractivity contribution >= 4 is 40.6 Å². The van der Waals surface area contributed by atoms with Gasteiger partial charge in [-0.1, -0.05) is 6.92 Å². The van der Waals surface area contributed by atoms with Crippen LogP contribution in [0.15, 0.2) is 17.0 Å². The van der Waals surface area contributed by atoms with Crippen molar-refractivity contribution in [2.75, 3.05) is 25.1 Å². The van der Waals surface area contributed by atoms with Crippen LogP contribution in [-0.2, 0) is 14.3 Å². The first-order chi connectivity index (χ1) is 13.6. The molecule has 2 amide bonds. The van der Waals surface area contributed by atoms with Gasteiger partial charge in [0.1, 0.15) is 6.54 Å². The Morgan fingerprint density at radius 2 is 2.03 bits per heavy atom. The highest BCUT2D eigenvalue weighted by molar-refractivity contribution is 8.18. The molecule has 2 aliphatic rings. The minimum Gasteiger partial charge on any atom is -0.468 e. The van der Waals surface area contributed by atoms with Crippen LogP contribution in [0.3, 0.4) is 0 Å². The van der Waals surface area contributed by atoms with Crippen molar-refractivity contribution in [1.29, 1.82) is 0 Å². The van der Waals surface area contributed by atoms with Gasteiger partial charge in [-0.3, -0.25) is 19.3 Å². The third-order valence-corrected chi connectivity index (χ3v) is 6.67. The van der Waals surface area contributed by atoms with Gasteiger partial charge < -0.3 is 9.64 Å². The van der Waals surface area contributed by atoms with Gasteiger partial charge in [0.05, 0.1) is 12.0 Å². The van der Waals surface area contributed by atoms with Crippen molar-refractivity contribution in [2.45, 2.75) is 52.5 Å². The molecule has 2 aliphatic heterocycles. The van der Waals surface area contributed by atoms with E-state index in [1.807, 2.05) is 6.92 Å². The molecule has 0 bridgehead atoms. The fourth-order valence-electron chi connectivity index (χ4n) is 4.38. The van der Waals surface area contributed by atoms with Crippen molar-refractivity contribution in [3.8, 4) is 0 Å². The fourth-order valence-corrected chi connectivity index (χ4v) is 5.21. The van der Waals surface area contributed by atoms with E-state index >= 15 is 0 Å². The van der Waals surface area contributed by atoms with E-state index < -0.39 is 17.1 Å². The Kier molecular flexibility index (Phi) is 5.81. The summed E-state index contributed by atoms with van der Waals surface area (Å²) in [5.74, 6) is -0.675. The number of esters is 1. The predicted octanol–water partition coefficient (Wildman–Crippen LogP) is 4.32. The smallest absolute Gasteiger partial charge is 0.325 e. The molecule has 1 atom stereocenters. The van der Waals surface area contributed by atoms with Crippen LogP contribution in [0, 0.1) is 6.92 Å². The maximum atomic E-state index is 12.6. The van der Waals surface area contributed by atoms with Gasteiger partial charge in [-0.15, -0.1) is 0 Å². The number of carbonyl (C=O) groups excluding carboxylic acids is 3. The Bertz CT molecular complexity index is 906.